The quantitative estimate of drug-likeness (QED) is 0.115. The fourth-order valence-corrected chi connectivity index (χ4v) is 4.69. The minimum Gasteiger partial charge on any atom is -0.485 e. The van der Waals surface area contributed by atoms with Crippen LogP contribution in [0.3, 0.4) is 0 Å². The fourth-order valence-electron chi connectivity index (χ4n) is 4.69. The first-order valence-corrected chi connectivity index (χ1v) is 14.9. The third-order valence-corrected chi connectivity index (χ3v) is 7.02. The molecule has 0 spiro atoms. The smallest absolute Gasteiger partial charge is 0.345 e. The number of rotatable bonds is 14. The van der Waals surface area contributed by atoms with E-state index in [2.05, 4.69) is 10.1 Å². The molecule has 10 heteroatoms. The molecule has 3 aromatic carbocycles. The van der Waals surface area contributed by atoms with Crippen LogP contribution in [0.4, 0.5) is 0 Å². The van der Waals surface area contributed by atoms with E-state index < -0.39 is 5.97 Å². The standard InChI is InChI=1S/C36H33N3O7/c1-3-41-36(40)29-21-39(20-26-11-6-4-7-12-26)38-34(29)45-23-28-16-17-31(33(19-28)43-22-27-13-8-5-9-14-27)44-24-30-25(2)46-35(37-30)32-15-10-18-42-32/h4-19,21H,3,20,22-24H2,1-2H3. The lowest BCUT2D eigenvalue weighted by atomic mass is 10.2. The second kappa shape index (κ2) is 14.3. The van der Waals surface area contributed by atoms with Gasteiger partial charge in [0.2, 0.25) is 5.88 Å². The van der Waals surface area contributed by atoms with E-state index in [-0.39, 0.29) is 31.3 Å². The number of aromatic nitrogens is 3. The van der Waals surface area contributed by atoms with Gasteiger partial charge in [0.05, 0.1) is 19.4 Å². The van der Waals surface area contributed by atoms with Gasteiger partial charge < -0.3 is 27.8 Å². The van der Waals surface area contributed by atoms with E-state index in [9.17, 15) is 4.79 Å². The Morgan fingerprint density at radius 3 is 2.28 bits per heavy atom. The summed E-state index contributed by atoms with van der Waals surface area (Å²) < 4.78 is 36.6. The lowest BCUT2D eigenvalue weighted by Crippen LogP contribution is -2.07. The van der Waals surface area contributed by atoms with Crippen LogP contribution >= 0.6 is 0 Å². The molecule has 0 atom stereocenters. The number of carbonyl (C=O) groups is 1. The molecule has 10 nitrogen and oxygen atoms in total. The Hall–Kier alpha value is -5.77. The summed E-state index contributed by atoms with van der Waals surface area (Å²) in [5.74, 6) is 2.32. The van der Waals surface area contributed by atoms with Gasteiger partial charge in [0.25, 0.3) is 5.89 Å². The number of furan rings is 1. The molecule has 234 valence electrons. The topological polar surface area (TPSA) is 111 Å². The molecule has 0 aliphatic heterocycles. The zero-order valence-corrected chi connectivity index (χ0v) is 25.5. The van der Waals surface area contributed by atoms with Crippen LogP contribution in [-0.2, 0) is 31.1 Å². The van der Waals surface area contributed by atoms with E-state index in [0.717, 1.165) is 16.7 Å². The monoisotopic (exact) mass is 619 g/mol. The Bertz CT molecular complexity index is 1860. The number of hydrogen-bond acceptors (Lipinski definition) is 9. The predicted molar refractivity (Wildman–Crippen MR) is 169 cm³/mol. The highest BCUT2D eigenvalue weighted by Crippen LogP contribution is 2.32. The van der Waals surface area contributed by atoms with E-state index >= 15 is 0 Å². The Morgan fingerprint density at radius 2 is 1.54 bits per heavy atom. The summed E-state index contributed by atoms with van der Waals surface area (Å²) in [5, 5.41) is 4.55. The summed E-state index contributed by atoms with van der Waals surface area (Å²) in [4.78, 5) is 17.3. The number of nitrogens with zero attached hydrogens (tertiary/aromatic N) is 3. The van der Waals surface area contributed by atoms with Crippen molar-refractivity contribution in [3.63, 3.8) is 0 Å². The van der Waals surface area contributed by atoms with Gasteiger partial charge in [-0.3, -0.25) is 4.68 Å². The van der Waals surface area contributed by atoms with Crippen molar-refractivity contribution in [3.05, 3.63) is 137 Å². The molecule has 0 aliphatic carbocycles. The molecule has 0 bridgehead atoms. The average molecular weight is 620 g/mol. The van der Waals surface area contributed by atoms with Gasteiger partial charge in [-0.2, -0.15) is 0 Å². The number of carbonyl (C=O) groups excluding carboxylic acids is 1. The number of esters is 1. The highest BCUT2D eigenvalue weighted by molar-refractivity contribution is 5.91. The van der Waals surface area contributed by atoms with E-state index in [1.54, 1.807) is 36.2 Å². The molecule has 6 rings (SSSR count). The molecular formula is C36H33N3O7. The van der Waals surface area contributed by atoms with Crippen molar-refractivity contribution in [2.75, 3.05) is 6.61 Å². The first-order valence-electron chi connectivity index (χ1n) is 14.9. The first kappa shape index (κ1) is 30.3. The third kappa shape index (κ3) is 7.47. The number of aryl methyl sites for hydroxylation is 1. The van der Waals surface area contributed by atoms with Crippen LogP contribution in [0.15, 0.2) is 112 Å². The normalized spacial score (nSPS) is 10.9. The highest BCUT2D eigenvalue weighted by atomic mass is 16.5. The second-order valence-corrected chi connectivity index (χ2v) is 10.4. The molecule has 0 amide bonds. The van der Waals surface area contributed by atoms with Gasteiger partial charge in [0.15, 0.2) is 17.3 Å². The summed E-state index contributed by atoms with van der Waals surface area (Å²) in [6, 6.07) is 28.8. The molecular weight excluding hydrogens is 586 g/mol. The Kier molecular flexibility index (Phi) is 9.44. The number of benzene rings is 3. The van der Waals surface area contributed by atoms with Crippen LogP contribution in [0.25, 0.3) is 11.7 Å². The predicted octanol–water partition coefficient (Wildman–Crippen LogP) is 7.40. The Morgan fingerprint density at radius 1 is 0.804 bits per heavy atom. The third-order valence-electron chi connectivity index (χ3n) is 7.02. The number of ether oxygens (including phenoxy) is 4. The summed E-state index contributed by atoms with van der Waals surface area (Å²) in [5.41, 5.74) is 3.75. The lowest BCUT2D eigenvalue weighted by molar-refractivity contribution is 0.0521. The first-order chi connectivity index (χ1) is 22.6. The largest absolute Gasteiger partial charge is 0.485 e. The molecule has 0 unspecified atom stereocenters. The molecule has 6 aromatic rings. The van der Waals surface area contributed by atoms with Crippen LogP contribution in [-0.4, -0.2) is 27.3 Å². The van der Waals surface area contributed by atoms with Crippen molar-refractivity contribution in [2.24, 2.45) is 0 Å². The molecule has 0 fully saturated rings. The molecule has 0 N–H and O–H groups in total. The molecule has 3 aromatic heterocycles. The molecule has 3 heterocycles. The van der Waals surface area contributed by atoms with Crippen molar-refractivity contribution in [2.45, 2.75) is 40.2 Å². The fraction of sp³-hybridized carbons (Fsp3) is 0.194. The van der Waals surface area contributed by atoms with Crippen molar-refractivity contribution >= 4 is 5.97 Å². The van der Waals surface area contributed by atoms with Crippen molar-refractivity contribution in [1.82, 2.24) is 14.8 Å². The van der Waals surface area contributed by atoms with Gasteiger partial charge in [0.1, 0.15) is 36.8 Å². The Balaban J connectivity index is 1.20. The summed E-state index contributed by atoms with van der Waals surface area (Å²) >= 11 is 0. The van der Waals surface area contributed by atoms with Gasteiger partial charge in [-0.25, -0.2) is 9.78 Å². The van der Waals surface area contributed by atoms with Crippen LogP contribution < -0.4 is 14.2 Å². The molecule has 0 aliphatic rings. The molecule has 46 heavy (non-hydrogen) atoms. The van der Waals surface area contributed by atoms with Gasteiger partial charge in [-0.1, -0.05) is 66.7 Å². The maximum Gasteiger partial charge on any atom is 0.345 e. The van der Waals surface area contributed by atoms with Crippen LogP contribution in [0.5, 0.6) is 17.4 Å². The van der Waals surface area contributed by atoms with Crippen LogP contribution in [0.1, 0.15) is 45.4 Å². The zero-order chi connectivity index (χ0) is 31.7. The van der Waals surface area contributed by atoms with Crippen LogP contribution in [0.2, 0.25) is 0 Å². The van der Waals surface area contributed by atoms with Crippen molar-refractivity contribution in [1.29, 1.82) is 0 Å². The minimum atomic E-state index is -0.495. The van der Waals surface area contributed by atoms with Crippen LogP contribution in [0, 0.1) is 6.92 Å². The highest BCUT2D eigenvalue weighted by Gasteiger charge is 2.20. The zero-order valence-electron chi connectivity index (χ0n) is 25.5. The van der Waals surface area contributed by atoms with Gasteiger partial charge >= 0.3 is 5.97 Å². The number of hydrogen-bond donors (Lipinski definition) is 0. The van der Waals surface area contributed by atoms with E-state index in [4.69, 9.17) is 27.8 Å². The van der Waals surface area contributed by atoms with Gasteiger partial charge in [-0.15, -0.1) is 5.10 Å². The van der Waals surface area contributed by atoms with E-state index in [1.165, 1.54) is 0 Å². The lowest BCUT2D eigenvalue weighted by Gasteiger charge is -2.14. The van der Waals surface area contributed by atoms with E-state index in [0.29, 0.717) is 47.8 Å². The Labute approximate surface area is 266 Å². The number of oxazole rings is 1. The van der Waals surface area contributed by atoms with Crippen molar-refractivity contribution in [3.8, 4) is 29.0 Å². The summed E-state index contributed by atoms with van der Waals surface area (Å²) in [7, 11) is 0. The maximum absolute atomic E-state index is 12.7. The second-order valence-electron chi connectivity index (χ2n) is 10.4. The minimum absolute atomic E-state index is 0.131. The van der Waals surface area contributed by atoms with Gasteiger partial charge in [-0.05, 0) is 54.8 Å². The molecule has 0 radical (unpaired) electrons. The van der Waals surface area contributed by atoms with Gasteiger partial charge in [0, 0.05) is 6.20 Å². The van der Waals surface area contributed by atoms with Crippen molar-refractivity contribution < 1.29 is 32.6 Å². The maximum atomic E-state index is 12.7. The molecule has 0 saturated carbocycles. The SMILES string of the molecule is CCOC(=O)c1cn(Cc2ccccc2)nc1OCc1ccc(OCc2nc(-c3ccco3)oc2C)c(OCc2ccccc2)c1. The summed E-state index contributed by atoms with van der Waals surface area (Å²) in [6.45, 7) is 4.94. The average Bonchev–Trinajstić information content (AvgIpc) is 3.84. The summed E-state index contributed by atoms with van der Waals surface area (Å²) in [6.07, 6.45) is 3.22. The molecule has 0 saturated heterocycles. The van der Waals surface area contributed by atoms with E-state index in [1.807, 2.05) is 85.8 Å².